The fourth-order valence-corrected chi connectivity index (χ4v) is 2.63. The Morgan fingerprint density at radius 2 is 2.06 bits per heavy atom. The summed E-state index contributed by atoms with van der Waals surface area (Å²) in [6, 6.07) is 0.389. The molecule has 102 valence electrons. The van der Waals surface area contributed by atoms with Gasteiger partial charge in [0, 0.05) is 31.4 Å². The third kappa shape index (κ3) is 3.82. The molecule has 1 saturated heterocycles. The number of nitrogens with one attached hydrogen (secondary N) is 1. The lowest BCUT2D eigenvalue weighted by Gasteiger charge is -2.22. The number of likely N-dealkylation sites (tertiary alicyclic amines) is 1. The minimum atomic E-state index is 0.389. The lowest BCUT2D eigenvalue weighted by Crippen LogP contribution is -2.32. The summed E-state index contributed by atoms with van der Waals surface area (Å²) in [5.41, 5.74) is 1.27. The van der Waals surface area contributed by atoms with Crippen LogP contribution in [-0.4, -0.2) is 40.9 Å². The molecule has 1 fully saturated rings. The monoisotopic (exact) mass is 250 g/mol. The van der Waals surface area contributed by atoms with Crippen LogP contribution in [0.5, 0.6) is 0 Å². The van der Waals surface area contributed by atoms with Gasteiger partial charge in [-0.3, -0.25) is 4.68 Å². The van der Waals surface area contributed by atoms with E-state index < -0.39 is 0 Å². The average Bonchev–Trinajstić information content (AvgIpc) is 2.97. The molecule has 0 aromatic carbocycles. The van der Waals surface area contributed by atoms with Crippen molar-refractivity contribution in [2.75, 3.05) is 26.2 Å². The topological polar surface area (TPSA) is 33.1 Å². The van der Waals surface area contributed by atoms with Gasteiger partial charge >= 0.3 is 0 Å². The molecule has 2 unspecified atom stereocenters. The van der Waals surface area contributed by atoms with Crippen molar-refractivity contribution >= 4 is 0 Å². The van der Waals surface area contributed by atoms with Gasteiger partial charge in [0.25, 0.3) is 0 Å². The van der Waals surface area contributed by atoms with Crippen LogP contribution in [0.25, 0.3) is 0 Å². The number of rotatable bonds is 6. The Morgan fingerprint density at radius 3 is 2.67 bits per heavy atom. The maximum absolute atomic E-state index is 4.22. The summed E-state index contributed by atoms with van der Waals surface area (Å²) in [5.74, 6) is 0.710. The molecule has 18 heavy (non-hydrogen) atoms. The molecule has 2 atom stereocenters. The summed E-state index contributed by atoms with van der Waals surface area (Å²) in [6.07, 6.45) is 6.80. The van der Waals surface area contributed by atoms with Crippen LogP contribution in [0.1, 0.15) is 38.3 Å². The zero-order chi connectivity index (χ0) is 13.0. The maximum atomic E-state index is 4.22. The van der Waals surface area contributed by atoms with E-state index in [2.05, 4.69) is 35.4 Å². The summed E-state index contributed by atoms with van der Waals surface area (Å²) in [4.78, 5) is 2.58. The summed E-state index contributed by atoms with van der Waals surface area (Å²) >= 11 is 0. The van der Waals surface area contributed by atoms with Crippen LogP contribution in [0.15, 0.2) is 12.4 Å². The normalized spacial score (nSPS) is 20.2. The van der Waals surface area contributed by atoms with Crippen molar-refractivity contribution < 1.29 is 0 Å². The first-order valence-corrected chi connectivity index (χ1v) is 7.09. The second-order valence-electron chi connectivity index (χ2n) is 5.69. The largest absolute Gasteiger partial charge is 0.310 e. The van der Waals surface area contributed by atoms with Crippen molar-refractivity contribution in [2.24, 2.45) is 13.0 Å². The zero-order valence-corrected chi connectivity index (χ0v) is 11.9. The first kappa shape index (κ1) is 13.6. The highest BCUT2D eigenvalue weighted by Crippen LogP contribution is 2.13. The van der Waals surface area contributed by atoms with Crippen LogP contribution < -0.4 is 5.32 Å². The Labute approximate surface area is 110 Å². The molecule has 1 aliphatic rings. The maximum Gasteiger partial charge on any atom is 0.0537 e. The predicted octanol–water partition coefficient (Wildman–Crippen LogP) is 1.80. The van der Waals surface area contributed by atoms with Gasteiger partial charge in [-0.2, -0.15) is 5.10 Å². The SMILES string of the molecule is CC(CNC(C)c1cnn(C)c1)CN1CCCC1. The van der Waals surface area contributed by atoms with Gasteiger partial charge in [0.15, 0.2) is 0 Å². The zero-order valence-electron chi connectivity index (χ0n) is 11.9. The lowest BCUT2D eigenvalue weighted by molar-refractivity contribution is 0.279. The molecule has 0 bridgehead atoms. The Morgan fingerprint density at radius 1 is 1.33 bits per heavy atom. The van der Waals surface area contributed by atoms with E-state index in [1.807, 2.05) is 17.9 Å². The van der Waals surface area contributed by atoms with Crippen LogP contribution in [0.3, 0.4) is 0 Å². The van der Waals surface area contributed by atoms with E-state index in [9.17, 15) is 0 Å². The van der Waals surface area contributed by atoms with Gasteiger partial charge in [0.2, 0.25) is 0 Å². The van der Waals surface area contributed by atoms with Crippen molar-refractivity contribution in [3.8, 4) is 0 Å². The number of hydrogen-bond donors (Lipinski definition) is 1. The smallest absolute Gasteiger partial charge is 0.0537 e. The van der Waals surface area contributed by atoms with E-state index in [0.29, 0.717) is 12.0 Å². The number of nitrogens with zero attached hydrogens (tertiary/aromatic N) is 3. The van der Waals surface area contributed by atoms with E-state index in [0.717, 1.165) is 6.54 Å². The van der Waals surface area contributed by atoms with Crippen molar-refractivity contribution in [1.29, 1.82) is 0 Å². The number of aromatic nitrogens is 2. The van der Waals surface area contributed by atoms with Crippen LogP contribution >= 0.6 is 0 Å². The molecule has 1 aliphatic heterocycles. The van der Waals surface area contributed by atoms with Crippen molar-refractivity contribution in [2.45, 2.75) is 32.7 Å². The second-order valence-corrected chi connectivity index (χ2v) is 5.69. The van der Waals surface area contributed by atoms with Gasteiger partial charge in [0.1, 0.15) is 0 Å². The van der Waals surface area contributed by atoms with Crippen molar-refractivity contribution in [3.63, 3.8) is 0 Å². The van der Waals surface area contributed by atoms with E-state index in [1.54, 1.807) is 0 Å². The van der Waals surface area contributed by atoms with Crippen LogP contribution in [0.4, 0.5) is 0 Å². The molecule has 1 N–H and O–H groups in total. The molecular weight excluding hydrogens is 224 g/mol. The van der Waals surface area contributed by atoms with Gasteiger partial charge in [-0.25, -0.2) is 0 Å². The highest BCUT2D eigenvalue weighted by Gasteiger charge is 2.15. The van der Waals surface area contributed by atoms with Crippen LogP contribution in [0.2, 0.25) is 0 Å². The Hall–Kier alpha value is -0.870. The van der Waals surface area contributed by atoms with Crippen LogP contribution in [0, 0.1) is 5.92 Å². The third-order valence-electron chi connectivity index (χ3n) is 3.77. The molecule has 2 rings (SSSR count). The van der Waals surface area contributed by atoms with E-state index in [1.165, 1.54) is 38.0 Å². The van der Waals surface area contributed by atoms with Gasteiger partial charge in [0.05, 0.1) is 6.20 Å². The minimum absolute atomic E-state index is 0.389. The molecule has 0 spiro atoms. The molecule has 0 amide bonds. The Bertz CT molecular complexity index is 354. The highest BCUT2D eigenvalue weighted by atomic mass is 15.2. The number of aryl methyl sites for hydroxylation is 1. The van der Waals surface area contributed by atoms with Gasteiger partial charge in [-0.15, -0.1) is 0 Å². The molecule has 0 saturated carbocycles. The number of hydrogen-bond acceptors (Lipinski definition) is 3. The Balaban J connectivity index is 1.70. The molecule has 1 aromatic heterocycles. The standard InChI is InChI=1S/C14H26N4/c1-12(10-18-6-4-5-7-18)8-15-13(2)14-9-16-17(3)11-14/h9,11-13,15H,4-8,10H2,1-3H3. The molecule has 0 radical (unpaired) electrons. The van der Waals surface area contributed by atoms with Crippen molar-refractivity contribution in [1.82, 2.24) is 20.0 Å². The molecule has 4 nitrogen and oxygen atoms in total. The average molecular weight is 250 g/mol. The summed E-state index contributed by atoms with van der Waals surface area (Å²) in [7, 11) is 1.96. The summed E-state index contributed by atoms with van der Waals surface area (Å²) in [5, 5.41) is 7.82. The predicted molar refractivity (Wildman–Crippen MR) is 74.5 cm³/mol. The molecule has 2 heterocycles. The minimum Gasteiger partial charge on any atom is -0.310 e. The first-order chi connectivity index (χ1) is 8.65. The van der Waals surface area contributed by atoms with E-state index in [4.69, 9.17) is 0 Å². The fourth-order valence-electron chi connectivity index (χ4n) is 2.63. The highest BCUT2D eigenvalue weighted by molar-refractivity contribution is 5.08. The fraction of sp³-hybridized carbons (Fsp3) is 0.786. The second kappa shape index (κ2) is 6.34. The van der Waals surface area contributed by atoms with Gasteiger partial charge < -0.3 is 10.2 Å². The molecular formula is C14H26N4. The van der Waals surface area contributed by atoms with E-state index in [-0.39, 0.29) is 0 Å². The molecule has 1 aromatic rings. The summed E-state index contributed by atoms with van der Waals surface area (Å²) < 4.78 is 1.86. The van der Waals surface area contributed by atoms with Crippen molar-refractivity contribution in [3.05, 3.63) is 18.0 Å². The molecule has 0 aliphatic carbocycles. The third-order valence-corrected chi connectivity index (χ3v) is 3.77. The van der Waals surface area contributed by atoms with Gasteiger partial charge in [-0.1, -0.05) is 6.92 Å². The molecule has 4 heteroatoms. The van der Waals surface area contributed by atoms with Gasteiger partial charge in [-0.05, 0) is 45.3 Å². The van der Waals surface area contributed by atoms with Crippen LogP contribution in [-0.2, 0) is 7.05 Å². The lowest BCUT2D eigenvalue weighted by atomic mass is 10.1. The quantitative estimate of drug-likeness (QED) is 0.836. The Kier molecular flexibility index (Phi) is 4.78. The summed E-state index contributed by atoms with van der Waals surface area (Å²) in [6.45, 7) is 9.44. The first-order valence-electron chi connectivity index (χ1n) is 7.09. The van der Waals surface area contributed by atoms with E-state index >= 15 is 0 Å².